The molecule has 0 spiro atoms. The van der Waals surface area contributed by atoms with Crippen LogP contribution in [0.3, 0.4) is 0 Å². The third-order valence-corrected chi connectivity index (χ3v) is 5.87. The molecule has 0 saturated carbocycles. The highest BCUT2D eigenvalue weighted by Gasteiger charge is 2.18. The lowest BCUT2D eigenvalue weighted by atomic mass is 10.1. The number of carbonyl (C=O) groups excluding carboxylic acids is 1. The van der Waals surface area contributed by atoms with E-state index >= 15 is 0 Å². The number of rotatable bonds is 8. The Hall–Kier alpha value is -3.03. The summed E-state index contributed by atoms with van der Waals surface area (Å²) in [4.78, 5) is 15.8. The number of sulfonamides is 1. The molecular weight excluding hydrogens is 400 g/mol. The van der Waals surface area contributed by atoms with Crippen LogP contribution >= 0.6 is 0 Å². The molecular formula is C23H24N2O4S. The van der Waals surface area contributed by atoms with Gasteiger partial charge in [-0.25, -0.2) is 8.42 Å². The van der Waals surface area contributed by atoms with Gasteiger partial charge < -0.3 is 4.74 Å². The van der Waals surface area contributed by atoms with E-state index in [1.54, 1.807) is 6.20 Å². The summed E-state index contributed by atoms with van der Waals surface area (Å²) in [6.45, 7) is 0.471. The minimum absolute atomic E-state index is 0.151. The van der Waals surface area contributed by atoms with Gasteiger partial charge in [-0.05, 0) is 28.8 Å². The van der Waals surface area contributed by atoms with Crippen molar-refractivity contribution < 1.29 is 17.9 Å². The topological polar surface area (TPSA) is 76.6 Å². The second kappa shape index (κ2) is 9.65. The third-order valence-electron chi connectivity index (χ3n) is 4.67. The Morgan fingerprint density at radius 2 is 1.63 bits per heavy atom. The van der Waals surface area contributed by atoms with Crippen LogP contribution in [0.25, 0.3) is 11.3 Å². The molecule has 0 aliphatic carbocycles. The minimum Gasteiger partial charge on any atom is -0.469 e. The molecule has 0 aliphatic rings. The second-order valence-corrected chi connectivity index (χ2v) is 9.00. The van der Waals surface area contributed by atoms with Crippen molar-refractivity contribution in [1.82, 2.24) is 9.29 Å². The molecule has 1 heterocycles. The number of carbonyl (C=O) groups is 1. The number of methoxy groups -OCH3 is 1. The van der Waals surface area contributed by atoms with Crippen molar-refractivity contribution in [2.45, 2.75) is 19.5 Å². The number of ether oxygens (including phenoxy) is 1. The summed E-state index contributed by atoms with van der Waals surface area (Å²) >= 11 is 0. The number of pyridine rings is 1. The van der Waals surface area contributed by atoms with Gasteiger partial charge in [0.15, 0.2) is 0 Å². The van der Waals surface area contributed by atoms with Gasteiger partial charge in [0.25, 0.3) is 0 Å². The molecule has 0 atom stereocenters. The van der Waals surface area contributed by atoms with Crippen LogP contribution in [0.2, 0.25) is 0 Å². The molecule has 3 rings (SSSR count). The summed E-state index contributed by atoms with van der Waals surface area (Å²) in [5, 5.41) is 0. The van der Waals surface area contributed by atoms with Crippen LogP contribution in [0.15, 0.2) is 72.9 Å². The summed E-state index contributed by atoms with van der Waals surface area (Å²) in [7, 11) is -2.09. The molecule has 0 radical (unpaired) electrons. The Balaban J connectivity index is 1.76. The zero-order chi connectivity index (χ0) is 21.6. The van der Waals surface area contributed by atoms with Gasteiger partial charge in [-0.1, -0.05) is 54.6 Å². The van der Waals surface area contributed by atoms with Crippen molar-refractivity contribution in [1.29, 1.82) is 0 Å². The van der Waals surface area contributed by atoms with Gasteiger partial charge in [0, 0.05) is 24.8 Å². The summed E-state index contributed by atoms with van der Waals surface area (Å²) in [5.74, 6) is -0.333. The molecule has 1 aromatic heterocycles. The number of hydrogen-bond acceptors (Lipinski definition) is 5. The maximum atomic E-state index is 12.4. The molecule has 3 aromatic rings. The zero-order valence-corrected chi connectivity index (χ0v) is 17.8. The van der Waals surface area contributed by atoms with E-state index in [2.05, 4.69) is 4.98 Å². The fraction of sp³-hybridized carbons (Fsp3) is 0.217. The summed E-state index contributed by atoms with van der Waals surface area (Å²) < 4.78 is 30.9. The number of hydrogen-bond donors (Lipinski definition) is 0. The van der Waals surface area contributed by atoms with Crippen LogP contribution in [0.4, 0.5) is 0 Å². The predicted octanol–water partition coefficient (Wildman–Crippen LogP) is 3.43. The third kappa shape index (κ3) is 5.98. The largest absolute Gasteiger partial charge is 0.469 e. The van der Waals surface area contributed by atoms with E-state index in [0.29, 0.717) is 0 Å². The maximum Gasteiger partial charge on any atom is 0.309 e. The van der Waals surface area contributed by atoms with Crippen molar-refractivity contribution in [3.05, 3.63) is 89.6 Å². The number of nitrogens with zero attached hydrogens (tertiary/aromatic N) is 2. The molecule has 0 unspecified atom stereocenters. The number of esters is 1. The highest BCUT2D eigenvalue weighted by atomic mass is 32.2. The van der Waals surface area contributed by atoms with Crippen LogP contribution in [0, 0.1) is 0 Å². The summed E-state index contributed by atoms with van der Waals surface area (Å²) in [6.07, 6.45) is 3.09. The molecule has 0 amide bonds. The summed E-state index contributed by atoms with van der Waals surface area (Å²) in [6, 6.07) is 20.7. The van der Waals surface area contributed by atoms with Crippen LogP contribution in [0.5, 0.6) is 0 Å². The number of aromatic nitrogens is 1. The quantitative estimate of drug-likeness (QED) is 0.518. The smallest absolute Gasteiger partial charge is 0.309 e. The normalized spacial score (nSPS) is 11.4. The SMILES string of the molecule is COC(=O)Cc1cccc(CN(Cc2ccc(-c3ccccn3)cc2)S(C)(=O)=O)c1. The lowest BCUT2D eigenvalue weighted by molar-refractivity contribution is -0.139. The van der Waals surface area contributed by atoms with Crippen LogP contribution in [0.1, 0.15) is 16.7 Å². The van der Waals surface area contributed by atoms with Crippen molar-refractivity contribution in [2.24, 2.45) is 0 Å². The molecule has 7 heteroatoms. The van der Waals surface area contributed by atoms with Gasteiger partial charge in [0.2, 0.25) is 10.0 Å². The first-order chi connectivity index (χ1) is 14.3. The molecule has 6 nitrogen and oxygen atoms in total. The predicted molar refractivity (Wildman–Crippen MR) is 116 cm³/mol. The van der Waals surface area contributed by atoms with E-state index in [1.807, 2.05) is 66.7 Å². The van der Waals surface area contributed by atoms with E-state index < -0.39 is 10.0 Å². The Kier molecular flexibility index (Phi) is 6.97. The first-order valence-electron chi connectivity index (χ1n) is 9.45. The van der Waals surface area contributed by atoms with Crippen molar-refractivity contribution in [3.63, 3.8) is 0 Å². The summed E-state index contributed by atoms with van der Waals surface area (Å²) in [5.41, 5.74) is 4.32. The van der Waals surface area contributed by atoms with Gasteiger partial charge in [-0.3, -0.25) is 9.78 Å². The lowest BCUT2D eigenvalue weighted by Gasteiger charge is -2.20. The minimum atomic E-state index is -3.43. The van der Waals surface area contributed by atoms with Crippen molar-refractivity contribution in [3.8, 4) is 11.3 Å². The van der Waals surface area contributed by atoms with Gasteiger partial charge in [-0.2, -0.15) is 4.31 Å². The number of benzene rings is 2. The van der Waals surface area contributed by atoms with Crippen LogP contribution in [-0.2, 0) is 39.1 Å². The first kappa shape index (κ1) is 21.7. The Bertz CT molecular complexity index is 1100. The van der Waals surface area contributed by atoms with Crippen LogP contribution in [-0.4, -0.2) is 37.0 Å². The van der Waals surface area contributed by atoms with Gasteiger partial charge in [-0.15, -0.1) is 0 Å². The maximum absolute atomic E-state index is 12.4. The van der Waals surface area contributed by atoms with E-state index in [0.717, 1.165) is 27.9 Å². The fourth-order valence-corrected chi connectivity index (χ4v) is 3.86. The van der Waals surface area contributed by atoms with Gasteiger partial charge in [0.05, 0.1) is 25.5 Å². The van der Waals surface area contributed by atoms with E-state index in [1.165, 1.54) is 17.7 Å². The highest BCUT2D eigenvalue weighted by molar-refractivity contribution is 7.88. The van der Waals surface area contributed by atoms with E-state index in [9.17, 15) is 13.2 Å². The average molecular weight is 425 g/mol. The molecule has 0 aliphatic heterocycles. The van der Waals surface area contributed by atoms with Crippen molar-refractivity contribution >= 4 is 16.0 Å². The molecule has 2 aromatic carbocycles. The van der Waals surface area contributed by atoms with E-state index in [-0.39, 0.29) is 25.5 Å². The highest BCUT2D eigenvalue weighted by Crippen LogP contribution is 2.20. The Morgan fingerprint density at radius 1 is 0.933 bits per heavy atom. The van der Waals surface area contributed by atoms with Crippen molar-refractivity contribution in [2.75, 3.05) is 13.4 Å². The molecule has 0 fully saturated rings. The monoisotopic (exact) mass is 424 g/mol. The second-order valence-electron chi connectivity index (χ2n) is 7.02. The van der Waals surface area contributed by atoms with E-state index in [4.69, 9.17) is 4.74 Å². The molecule has 0 N–H and O–H groups in total. The zero-order valence-electron chi connectivity index (χ0n) is 17.0. The molecule has 0 bridgehead atoms. The Morgan fingerprint density at radius 3 is 2.27 bits per heavy atom. The molecule has 0 saturated heterocycles. The fourth-order valence-electron chi connectivity index (χ4n) is 3.09. The standard InChI is InChI=1S/C23H24N2O4S/c1-29-23(26)15-19-6-5-7-20(14-19)17-25(30(2,27)28)16-18-9-11-21(12-10-18)22-8-3-4-13-24-22/h3-14H,15-17H2,1-2H3. The van der Waals surface area contributed by atoms with Gasteiger partial charge >= 0.3 is 5.97 Å². The van der Waals surface area contributed by atoms with Crippen LogP contribution < -0.4 is 0 Å². The Labute approximate surface area is 177 Å². The van der Waals surface area contributed by atoms with Gasteiger partial charge in [0.1, 0.15) is 0 Å². The molecule has 30 heavy (non-hydrogen) atoms. The lowest BCUT2D eigenvalue weighted by Crippen LogP contribution is -2.29. The first-order valence-corrected chi connectivity index (χ1v) is 11.3. The molecule has 156 valence electrons. The average Bonchev–Trinajstić information content (AvgIpc) is 2.74.